The van der Waals surface area contributed by atoms with E-state index in [1.807, 2.05) is 7.05 Å². The summed E-state index contributed by atoms with van der Waals surface area (Å²) in [6, 6.07) is 6.53. The molecule has 3 rings (SSSR count). The van der Waals surface area contributed by atoms with Gasteiger partial charge >= 0.3 is 0 Å². The molecule has 0 atom stereocenters. The summed E-state index contributed by atoms with van der Waals surface area (Å²) in [5, 5.41) is 0. The van der Waals surface area contributed by atoms with E-state index in [9.17, 15) is 8.42 Å². The fourth-order valence-corrected chi connectivity index (χ4v) is 4.89. The highest BCUT2D eigenvalue weighted by Gasteiger charge is 2.50. The Hall–Kier alpha value is -1.15. The Morgan fingerprint density at radius 1 is 1.14 bits per heavy atom. The van der Waals surface area contributed by atoms with Crippen LogP contribution in [0.15, 0.2) is 29.2 Å². The number of likely N-dealkylation sites (tertiary alicyclic amines) is 1. The van der Waals surface area contributed by atoms with E-state index >= 15 is 0 Å². The second kappa shape index (κ2) is 5.81. The minimum absolute atomic E-state index is 0.289. The van der Waals surface area contributed by atoms with Gasteiger partial charge < -0.3 is 14.4 Å². The van der Waals surface area contributed by atoms with Crippen molar-refractivity contribution in [3.8, 4) is 5.75 Å². The summed E-state index contributed by atoms with van der Waals surface area (Å²) >= 11 is 0. The smallest absolute Gasteiger partial charge is 0.245 e. The molecule has 2 heterocycles. The van der Waals surface area contributed by atoms with Crippen LogP contribution in [0, 0.1) is 0 Å². The van der Waals surface area contributed by atoms with E-state index in [1.54, 1.807) is 35.7 Å². The minimum atomic E-state index is -3.55. The molecule has 2 saturated heterocycles. The lowest BCUT2D eigenvalue weighted by molar-refractivity contribution is -0.0873. The maximum Gasteiger partial charge on any atom is 0.245 e. The Labute approximate surface area is 131 Å². The molecule has 0 saturated carbocycles. The van der Waals surface area contributed by atoms with Gasteiger partial charge in [-0.15, -0.1) is 0 Å². The SMILES string of the molecule is COc1ccc(S(=O)(=O)N2CCOC23CCN(C)CC3)cc1. The van der Waals surface area contributed by atoms with Gasteiger partial charge in [0.25, 0.3) is 0 Å². The zero-order valence-electron chi connectivity index (χ0n) is 13.0. The van der Waals surface area contributed by atoms with Crippen LogP contribution in [0.25, 0.3) is 0 Å². The number of sulfonamides is 1. The molecule has 0 N–H and O–H groups in total. The van der Waals surface area contributed by atoms with Gasteiger partial charge in [0.05, 0.1) is 18.6 Å². The molecule has 0 aliphatic carbocycles. The molecule has 7 heteroatoms. The van der Waals surface area contributed by atoms with Crippen LogP contribution in [0.5, 0.6) is 5.75 Å². The molecule has 0 unspecified atom stereocenters. The van der Waals surface area contributed by atoms with Crippen LogP contribution in [0.4, 0.5) is 0 Å². The number of hydrogen-bond acceptors (Lipinski definition) is 5. The van der Waals surface area contributed by atoms with Crippen molar-refractivity contribution in [3.05, 3.63) is 24.3 Å². The van der Waals surface area contributed by atoms with E-state index in [2.05, 4.69) is 4.90 Å². The van der Waals surface area contributed by atoms with Crippen molar-refractivity contribution in [2.24, 2.45) is 0 Å². The maximum absolute atomic E-state index is 13.0. The molecule has 2 fully saturated rings. The number of rotatable bonds is 3. The molecule has 2 aliphatic heterocycles. The van der Waals surface area contributed by atoms with E-state index in [4.69, 9.17) is 9.47 Å². The van der Waals surface area contributed by atoms with Gasteiger partial charge in [0.2, 0.25) is 10.0 Å². The first-order valence-electron chi connectivity index (χ1n) is 7.47. The molecular weight excluding hydrogens is 304 g/mol. The summed E-state index contributed by atoms with van der Waals surface area (Å²) in [5.74, 6) is 0.644. The lowest BCUT2D eigenvalue weighted by Gasteiger charge is -2.41. The number of methoxy groups -OCH3 is 1. The molecule has 0 bridgehead atoms. The topological polar surface area (TPSA) is 59.1 Å². The van der Waals surface area contributed by atoms with E-state index in [1.165, 1.54) is 0 Å². The zero-order valence-corrected chi connectivity index (χ0v) is 13.8. The normalized spacial score (nSPS) is 23.0. The highest BCUT2D eigenvalue weighted by molar-refractivity contribution is 7.89. The number of ether oxygens (including phenoxy) is 2. The molecule has 2 aliphatic rings. The number of hydrogen-bond donors (Lipinski definition) is 0. The zero-order chi connectivity index (χ0) is 15.8. The van der Waals surface area contributed by atoms with Crippen molar-refractivity contribution in [2.75, 3.05) is 40.4 Å². The van der Waals surface area contributed by atoms with E-state index in [0.717, 1.165) is 13.1 Å². The van der Waals surface area contributed by atoms with Crippen LogP contribution in [-0.2, 0) is 14.8 Å². The summed E-state index contributed by atoms with van der Waals surface area (Å²) in [4.78, 5) is 2.49. The Morgan fingerprint density at radius 2 is 1.77 bits per heavy atom. The summed E-state index contributed by atoms with van der Waals surface area (Å²) in [6.45, 7) is 2.56. The minimum Gasteiger partial charge on any atom is -0.497 e. The predicted octanol–water partition coefficient (Wildman–Crippen LogP) is 1.14. The molecule has 1 aromatic rings. The third kappa shape index (κ3) is 2.62. The quantitative estimate of drug-likeness (QED) is 0.834. The van der Waals surface area contributed by atoms with Gasteiger partial charge in [0.1, 0.15) is 11.5 Å². The molecule has 1 aromatic carbocycles. The van der Waals surface area contributed by atoms with Crippen LogP contribution >= 0.6 is 0 Å². The van der Waals surface area contributed by atoms with Crippen LogP contribution in [0.2, 0.25) is 0 Å². The van der Waals surface area contributed by atoms with Gasteiger partial charge in [-0.2, -0.15) is 4.31 Å². The molecule has 1 spiro atoms. The molecule has 0 amide bonds. The molecule has 122 valence electrons. The summed E-state index contributed by atoms with van der Waals surface area (Å²) in [6.07, 6.45) is 1.41. The first-order valence-corrected chi connectivity index (χ1v) is 8.91. The predicted molar refractivity (Wildman–Crippen MR) is 82.3 cm³/mol. The standard InChI is InChI=1S/C15H22N2O4S/c1-16-9-7-15(8-10-16)17(11-12-21-15)22(18,19)14-5-3-13(20-2)4-6-14/h3-6H,7-12H2,1-2H3. The lowest BCUT2D eigenvalue weighted by Crippen LogP contribution is -2.54. The number of benzene rings is 1. The average Bonchev–Trinajstić information content (AvgIpc) is 2.95. The van der Waals surface area contributed by atoms with E-state index < -0.39 is 15.7 Å². The van der Waals surface area contributed by atoms with Gasteiger partial charge in [-0.05, 0) is 31.3 Å². The Bertz CT molecular complexity index is 621. The first kappa shape index (κ1) is 15.7. The van der Waals surface area contributed by atoms with Crippen molar-refractivity contribution < 1.29 is 17.9 Å². The van der Waals surface area contributed by atoms with Crippen molar-refractivity contribution in [2.45, 2.75) is 23.5 Å². The molecule has 0 aromatic heterocycles. The number of piperidine rings is 1. The second-order valence-corrected chi connectivity index (χ2v) is 7.71. The Balaban J connectivity index is 1.90. The molecule has 22 heavy (non-hydrogen) atoms. The van der Waals surface area contributed by atoms with Crippen LogP contribution in [0.3, 0.4) is 0 Å². The highest BCUT2D eigenvalue weighted by atomic mass is 32.2. The van der Waals surface area contributed by atoms with Gasteiger partial charge in [0.15, 0.2) is 0 Å². The first-order chi connectivity index (χ1) is 10.5. The largest absolute Gasteiger partial charge is 0.497 e. The van der Waals surface area contributed by atoms with Gasteiger partial charge in [-0.3, -0.25) is 0 Å². The van der Waals surface area contributed by atoms with Crippen LogP contribution in [-0.4, -0.2) is 63.7 Å². The fourth-order valence-electron chi connectivity index (χ4n) is 3.17. The van der Waals surface area contributed by atoms with Crippen molar-refractivity contribution >= 4 is 10.0 Å². The third-order valence-electron chi connectivity index (χ3n) is 4.54. The number of nitrogens with zero attached hydrogens (tertiary/aromatic N) is 2. The molecular formula is C15H22N2O4S. The van der Waals surface area contributed by atoms with Gasteiger partial charge in [-0.25, -0.2) is 8.42 Å². The van der Waals surface area contributed by atoms with Crippen molar-refractivity contribution in [1.82, 2.24) is 9.21 Å². The van der Waals surface area contributed by atoms with E-state index in [0.29, 0.717) is 31.7 Å². The van der Waals surface area contributed by atoms with Crippen molar-refractivity contribution in [3.63, 3.8) is 0 Å². The van der Waals surface area contributed by atoms with Gasteiger partial charge in [0, 0.05) is 32.5 Å². The maximum atomic E-state index is 13.0. The summed E-state index contributed by atoms with van der Waals surface area (Å²) in [5.41, 5.74) is -0.675. The fraction of sp³-hybridized carbons (Fsp3) is 0.600. The molecule has 0 radical (unpaired) electrons. The van der Waals surface area contributed by atoms with Crippen LogP contribution < -0.4 is 4.74 Å². The Morgan fingerprint density at radius 3 is 2.36 bits per heavy atom. The Kier molecular flexibility index (Phi) is 4.15. The van der Waals surface area contributed by atoms with Crippen molar-refractivity contribution in [1.29, 1.82) is 0 Å². The monoisotopic (exact) mass is 326 g/mol. The van der Waals surface area contributed by atoms with E-state index in [-0.39, 0.29) is 4.90 Å². The summed E-state index contributed by atoms with van der Waals surface area (Å²) < 4.78 is 38.5. The van der Waals surface area contributed by atoms with Gasteiger partial charge in [-0.1, -0.05) is 0 Å². The van der Waals surface area contributed by atoms with Crippen LogP contribution in [0.1, 0.15) is 12.8 Å². The summed E-state index contributed by atoms with van der Waals surface area (Å²) in [7, 11) is 0.0517. The lowest BCUT2D eigenvalue weighted by atomic mass is 10.0. The molecule has 6 nitrogen and oxygen atoms in total. The highest BCUT2D eigenvalue weighted by Crippen LogP contribution is 2.38. The average molecular weight is 326 g/mol. The second-order valence-electron chi connectivity index (χ2n) is 5.85. The third-order valence-corrected chi connectivity index (χ3v) is 6.50.